The molecule has 0 heterocycles. The average molecular weight is 255 g/mol. The maximum atomic E-state index is 11.3. The van der Waals surface area contributed by atoms with E-state index in [2.05, 4.69) is 18.8 Å². The Labute approximate surface area is 112 Å². The van der Waals surface area contributed by atoms with Gasteiger partial charge in [-0.1, -0.05) is 26.3 Å². The molecule has 3 heteroatoms. The minimum Gasteiger partial charge on any atom is -0.481 e. The molecule has 106 valence electrons. The molecule has 0 aromatic rings. The Bertz CT molecular complexity index is 247. The van der Waals surface area contributed by atoms with Crippen LogP contribution in [0.5, 0.6) is 0 Å². The van der Waals surface area contributed by atoms with Gasteiger partial charge in [0.05, 0.1) is 5.41 Å². The summed E-state index contributed by atoms with van der Waals surface area (Å²) in [6, 6.07) is 0.381. The number of rotatable bonds is 11. The first-order valence-electron chi connectivity index (χ1n) is 7.10. The van der Waals surface area contributed by atoms with Crippen LogP contribution < -0.4 is 5.32 Å². The summed E-state index contributed by atoms with van der Waals surface area (Å²) in [7, 11) is 0. The first-order valence-corrected chi connectivity index (χ1v) is 7.10. The third kappa shape index (κ3) is 5.67. The molecule has 0 saturated carbocycles. The van der Waals surface area contributed by atoms with Crippen LogP contribution in [0.1, 0.15) is 59.3 Å². The fraction of sp³-hybridized carbons (Fsp3) is 0.800. The van der Waals surface area contributed by atoms with Crippen LogP contribution in [0, 0.1) is 5.41 Å². The van der Waals surface area contributed by atoms with Gasteiger partial charge in [-0.3, -0.25) is 4.79 Å². The summed E-state index contributed by atoms with van der Waals surface area (Å²) in [6.45, 7) is 10.3. The van der Waals surface area contributed by atoms with Crippen LogP contribution in [-0.2, 0) is 4.79 Å². The molecule has 1 unspecified atom stereocenters. The number of carboxylic acid groups (broad SMARTS) is 1. The summed E-state index contributed by atoms with van der Waals surface area (Å²) >= 11 is 0. The highest BCUT2D eigenvalue weighted by molar-refractivity contribution is 5.74. The Morgan fingerprint density at radius 2 is 2.00 bits per heavy atom. The summed E-state index contributed by atoms with van der Waals surface area (Å²) in [4.78, 5) is 11.3. The van der Waals surface area contributed by atoms with Gasteiger partial charge in [-0.25, -0.2) is 0 Å². The number of carbonyl (C=O) groups is 1. The lowest BCUT2D eigenvalue weighted by molar-refractivity contribution is -0.149. The highest BCUT2D eigenvalue weighted by Gasteiger charge is 2.34. The molecule has 0 bridgehead atoms. The van der Waals surface area contributed by atoms with Crippen molar-refractivity contribution in [2.75, 3.05) is 6.54 Å². The lowest BCUT2D eigenvalue weighted by Gasteiger charge is -2.28. The van der Waals surface area contributed by atoms with Crippen LogP contribution >= 0.6 is 0 Å². The minimum atomic E-state index is -0.682. The summed E-state index contributed by atoms with van der Waals surface area (Å²) in [6.07, 6.45) is 7.79. The minimum absolute atomic E-state index is 0.381. The van der Waals surface area contributed by atoms with Crippen molar-refractivity contribution in [2.45, 2.75) is 65.3 Å². The van der Waals surface area contributed by atoms with Gasteiger partial charge in [0.25, 0.3) is 0 Å². The van der Waals surface area contributed by atoms with Crippen molar-refractivity contribution in [2.24, 2.45) is 5.41 Å². The summed E-state index contributed by atoms with van der Waals surface area (Å²) in [5.41, 5.74) is -0.602. The van der Waals surface area contributed by atoms with E-state index < -0.39 is 11.4 Å². The number of carboxylic acids is 1. The molecular weight excluding hydrogens is 226 g/mol. The van der Waals surface area contributed by atoms with Gasteiger partial charge in [-0.2, -0.15) is 0 Å². The second kappa shape index (κ2) is 9.15. The largest absolute Gasteiger partial charge is 0.481 e. The predicted octanol–water partition coefficient (Wildman–Crippen LogP) is 3.60. The lowest BCUT2D eigenvalue weighted by atomic mass is 9.82. The summed E-state index contributed by atoms with van der Waals surface area (Å²) in [5, 5.41) is 12.7. The molecule has 0 aromatic carbocycles. The molecule has 3 nitrogen and oxygen atoms in total. The van der Waals surface area contributed by atoms with Crippen molar-refractivity contribution >= 4 is 5.97 Å². The van der Waals surface area contributed by atoms with E-state index in [1.54, 1.807) is 0 Å². The van der Waals surface area contributed by atoms with Crippen molar-refractivity contribution in [3.05, 3.63) is 12.7 Å². The third-order valence-electron chi connectivity index (χ3n) is 3.89. The maximum absolute atomic E-state index is 11.3. The van der Waals surface area contributed by atoms with E-state index in [4.69, 9.17) is 0 Å². The standard InChI is InChI=1S/C15H29NO2/c1-5-8-9-10-11-13(4)16-12-15(6-2,7-3)14(17)18/h5,13,16H,1,6-12H2,2-4H3,(H,17,18). The second-order valence-electron chi connectivity index (χ2n) is 5.15. The summed E-state index contributed by atoms with van der Waals surface area (Å²) < 4.78 is 0. The van der Waals surface area contributed by atoms with Gasteiger partial charge in [0.15, 0.2) is 0 Å². The first kappa shape index (κ1) is 17.2. The van der Waals surface area contributed by atoms with Gasteiger partial charge in [-0.05, 0) is 39.0 Å². The van der Waals surface area contributed by atoms with E-state index in [9.17, 15) is 9.90 Å². The van der Waals surface area contributed by atoms with Crippen molar-refractivity contribution in [3.8, 4) is 0 Å². The van der Waals surface area contributed by atoms with Crippen LogP contribution in [0.3, 0.4) is 0 Å². The topological polar surface area (TPSA) is 49.3 Å². The number of nitrogens with one attached hydrogen (secondary N) is 1. The van der Waals surface area contributed by atoms with E-state index in [0.717, 1.165) is 12.8 Å². The number of unbranched alkanes of at least 4 members (excludes halogenated alkanes) is 2. The third-order valence-corrected chi connectivity index (χ3v) is 3.89. The van der Waals surface area contributed by atoms with Gasteiger partial charge in [0, 0.05) is 12.6 Å². The van der Waals surface area contributed by atoms with Gasteiger partial charge < -0.3 is 10.4 Å². The smallest absolute Gasteiger partial charge is 0.310 e. The molecule has 0 rings (SSSR count). The second-order valence-corrected chi connectivity index (χ2v) is 5.15. The quantitative estimate of drug-likeness (QED) is 0.438. The Hall–Kier alpha value is -0.830. The summed E-state index contributed by atoms with van der Waals surface area (Å²) in [5.74, 6) is -0.682. The van der Waals surface area contributed by atoms with Crippen LogP contribution in [-0.4, -0.2) is 23.7 Å². The van der Waals surface area contributed by atoms with E-state index in [1.165, 1.54) is 12.8 Å². The SMILES string of the molecule is C=CCCCCC(C)NCC(CC)(CC)C(=O)O. The molecule has 0 fully saturated rings. The molecule has 0 radical (unpaired) electrons. The molecule has 0 saturated heterocycles. The van der Waals surface area contributed by atoms with Gasteiger partial charge in [0.2, 0.25) is 0 Å². The van der Waals surface area contributed by atoms with Crippen molar-refractivity contribution in [1.82, 2.24) is 5.32 Å². The van der Waals surface area contributed by atoms with E-state index >= 15 is 0 Å². The Balaban J connectivity index is 4.03. The number of allylic oxidation sites excluding steroid dienone is 1. The fourth-order valence-corrected chi connectivity index (χ4v) is 2.09. The van der Waals surface area contributed by atoms with Crippen LogP contribution in [0.25, 0.3) is 0 Å². The van der Waals surface area contributed by atoms with E-state index in [-0.39, 0.29) is 0 Å². The molecule has 0 aromatic heterocycles. The Morgan fingerprint density at radius 3 is 2.44 bits per heavy atom. The highest BCUT2D eigenvalue weighted by atomic mass is 16.4. The van der Waals surface area contributed by atoms with Gasteiger partial charge >= 0.3 is 5.97 Å². The van der Waals surface area contributed by atoms with Crippen molar-refractivity contribution < 1.29 is 9.90 Å². The zero-order chi connectivity index (χ0) is 14.0. The average Bonchev–Trinajstić information content (AvgIpc) is 2.36. The van der Waals surface area contributed by atoms with Crippen molar-refractivity contribution in [3.63, 3.8) is 0 Å². The van der Waals surface area contributed by atoms with Crippen LogP contribution in [0.15, 0.2) is 12.7 Å². The first-order chi connectivity index (χ1) is 8.52. The van der Waals surface area contributed by atoms with Crippen molar-refractivity contribution in [1.29, 1.82) is 0 Å². The van der Waals surface area contributed by atoms with E-state index in [0.29, 0.717) is 25.4 Å². The molecular formula is C15H29NO2. The number of hydrogen-bond donors (Lipinski definition) is 2. The van der Waals surface area contributed by atoms with Crippen LogP contribution in [0.4, 0.5) is 0 Å². The monoisotopic (exact) mass is 255 g/mol. The number of aliphatic carboxylic acids is 1. The maximum Gasteiger partial charge on any atom is 0.310 e. The number of hydrogen-bond acceptors (Lipinski definition) is 2. The van der Waals surface area contributed by atoms with Crippen LogP contribution in [0.2, 0.25) is 0 Å². The zero-order valence-corrected chi connectivity index (χ0v) is 12.2. The van der Waals surface area contributed by atoms with Gasteiger partial charge in [-0.15, -0.1) is 6.58 Å². The molecule has 2 N–H and O–H groups in total. The molecule has 1 atom stereocenters. The molecule has 0 aliphatic carbocycles. The lowest BCUT2D eigenvalue weighted by Crippen LogP contribution is -2.43. The highest BCUT2D eigenvalue weighted by Crippen LogP contribution is 2.26. The molecule has 0 spiro atoms. The Kier molecular flexibility index (Phi) is 8.73. The van der Waals surface area contributed by atoms with E-state index in [1.807, 2.05) is 19.9 Å². The molecule has 0 amide bonds. The predicted molar refractivity (Wildman–Crippen MR) is 76.8 cm³/mol. The normalized spacial score (nSPS) is 13.3. The fourth-order valence-electron chi connectivity index (χ4n) is 2.09. The molecule has 18 heavy (non-hydrogen) atoms. The Morgan fingerprint density at radius 1 is 1.39 bits per heavy atom. The molecule has 0 aliphatic rings. The zero-order valence-electron chi connectivity index (χ0n) is 12.2. The van der Waals surface area contributed by atoms with Gasteiger partial charge in [0.1, 0.15) is 0 Å². The molecule has 0 aliphatic heterocycles.